The Morgan fingerprint density at radius 3 is 2.82 bits per heavy atom. The summed E-state index contributed by atoms with van der Waals surface area (Å²) in [4.78, 5) is 13.6. The molecule has 5 aromatic heterocycles. The van der Waals surface area contributed by atoms with E-state index in [0.29, 0.717) is 46.1 Å². The molecule has 0 spiro atoms. The molecule has 5 aromatic rings. The molecule has 0 unspecified atom stereocenters. The number of hydrogen-bond acceptors (Lipinski definition) is 9. The third kappa shape index (κ3) is 2.90. The second-order valence-corrected chi connectivity index (χ2v) is 5.89. The molecule has 0 aromatic carbocycles. The number of nitrogens with zero attached hydrogens (tertiary/aromatic N) is 7. The standard InChI is InChI=1S/C17H14N10O/c1-10-20-11(9-14(21-10)22-13-5-8-28-26-13)16-17(23-12-4-7-18-25-12)24-15-3-2-6-19-27(15)16/h2-9H,1H3,(H2,18,23,25)(H,20,21,22,26). The number of aryl methyl sites for hydroxylation is 1. The molecule has 0 bridgehead atoms. The summed E-state index contributed by atoms with van der Waals surface area (Å²) in [5.41, 5.74) is 2.02. The van der Waals surface area contributed by atoms with Gasteiger partial charge in [-0.05, 0) is 19.1 Å². The van der Waals surface area contributed by atoms with Gasteiger partial charge in [-0.3, -0.25) is 5.10 Å². The summed E-state index contributed by atoms with van der Waals surface area (Å²) in [6.07, 6.45) is 4.84. The van der Waals surface area contributed by atoms with Gasteiger partial charge in [0, 0.05) is 24.4 Å². The van der Waals surface area contributed by atoms with Crippen molar-refractivity contribution in [3.8, 4) is 11.4 Å². The van der Waals surface area contributed by atoms with Gasteiger partial charge in [0.2, 0.25) is 0 Å². The van der Waals surface area contributed by atoms with Gasteiger partial charge in [0.1, 0.15) is 29.4 Å². The zero-order valence-electron chi connectivity index (χ0n) is 14.7. The van der Waals surface area contributed by atoms with Gasteiger partial charge in [0.15, 0.2) is 17.3 Å². The van der Waals surface area contributed by atoms with Crippen molar-refractivity contribution in [2.24, 2.45) is 0 Å². The SMILES string of the molecule is Cc1nc(Nc2ccon2)cc(-c2c(Nc3ccn[nH]3)nc3cccnn23)n1. The highest BCUT2D eigenvalue weighted by Gasteiger charge is 2.18. The number of rotatable bonds is 5. The molecular weight excluding hydrogens is 360 g/mol. The summed E-state index contributed by atoms with van der Waals surface area (Å²) in [7, 11) is 0. The van der Waals surface area contributed by atoms with E-state index in [0.717, 1.165) is 0 Å². The highest BCUT2D eigenvalue weighted by molar-refractivity contribution is 5.78. The third-order valence-corrected chi connectivity index (χ3v) is 3.92. The number of anilines is 4. The molecule has 0 aliphatic heterocycles. The molecule has 0 aliphatic rings. The molecule has 138 valence electrons. The molecule has 0 aliphatic carbocycles. The average Bonchev–Trinajstić information content (AvgIpc) is 3.42. The summed E-state index contributed by atoms with van der Waals surface area (Å²) in [5.74, 6) is 3.01. The second-order valence-electron chi connectivity index (χ2n) is 5.89. The Morgan fingerprint density at radius 2 is 2.00 bits per heavy atom. The molecule has 11 nitrogen and oxygen atoms in total. The molecule has 11 heteroatoms. The van der Waals surface area contributed by atoms with Crippen molar-refractivity contribution >= 4 is 28.9 Å². The Kier molecular flexibility index (Phi) is 3.68. The first-order valence-corrected chi connectivity index (χ1v) is 8.40. The number of imidazole rings is 1. The maximum atomic E-state index is 4.86. The number of hydrogen-bond donors (Lipinski definition) is 3. The minimum atomic E-state index is 0.552. The molecule has 0 saturated heterocycles. The van der Waals surface area contributed by atoms with Gasteiger partial charge < -0.3 is 15.2 Å². The lowest BCUT2D eigenvalue weighted by Gasteiger charge is -2.08. The van der Waals surface area contributed by atoms with Gasteiger partial charge in [-0.2, -0.15) is 10.2 Å². The molecule has 0 fully saturated rings. The summed E-state index contributed by atoms with van der Waals surface area (Å²) in [6.45, 7) is 1.82. The van der Waals surface area contributed by atoms with Crippen LogP contribution in [0.1, 0.15) is 5.82 Å². The van der Waals surface area contributed by atoms with E-state index in [-0.39, 0.29) is 0 Å². The number of H-pyrrole nitrogens is 1. The van der Waals surface area contributed by atoms with E-state index in [1.54, 1.807) is 29.0 Å². The number of aromatic amines is 1. The predicted octanol–water partition coefficient (Wildman–Crippen LogP) is 2.69. The van der Waals surface area contributed by atoms with E-state index >= 15 is 0 Å². The molecular formula is C17H14N10O. The topological polar surface area (TPSA) is 135 Å². The zero-order chi connectivity index (χ0) is 18.9. The van der Waals surface area contributed by atoms with Crippen LogP contribution >= 0.6 is 0 Å². The van der Waals surface area contributed by atoms with E-state index in [4.69, 9.17) is 4.52 Å². The minimum Gasteiger partial charge on any atom is -0.363 e. The zero-order valence-corrected chi connectivity index (χ0v) is 14.7. The van der Waals surface area contributed by atoms with Crippen LogP contribution in [0.4, 0.5) is 23.3 Å². The van der Waals surface area contributed by atoms with E-state index in [2.05, 4.69) is 46.0 Å². The van der Waals surface area contributed by atoms with E-state index in [1.165, 1.54) is 6.26 Å². The number of fused-ring (bicyclic) bond motifs is 1. The fraction of sp³-hybridized carbons (Fsp3) is 0.0588. The number of aromatic nitrogens is 8. The van der Waals surface area contributed by atoms with Crippen LogP contribution < -0.4 is 10.6 Å². The van der Waals surface area contributed by atoms with Gasteiger partial charge in [-0.15, -0.1) is 0 Å². The highest BCUT2D eigenvalue weighted by atomic mass is 16.5. The lowest BCUT2D eigenvalue weighted by Crippen LogP contribution is -2.02. The van der Waals surface area contributed by atoms with Crippen LogP contribution in [0.15, 0.2) is 53.5 Å². The van der Waals surface area contributed by atoms with Crippen LogP contribution in [0.3, 0.4) is 0 Å². The molecule has 0 radical (unpaired) electrons. The van der Waals surface area contributed by atoms with Crippen LogP contribution in [0.25, 0.3) is 17.0 Å². The Balaban J connectivity index is 1.64. The van der Waals surface area contributed by atoms with E-state index in [9.17, 15) is 0 Å². The monoisotopic (exact) mass is 374 g/mol. The lowest BCUT2D eigenvalue weighted by molar-refractivity contribution is 0.423. The van der Waals surface area contributed by atoms with Gasteiger partial charge in [-0.1, -0.05) is 5.16 Å². The van der Waals surface area contributed by atoms with Crippen molar-refractivity contribution in [2.75, 3.05) is 10.6 Å². The van der Waals surface area contributed by atoms with E-state index < -0.39 is 0 Å². The summed E-state index contributed by atoms with van der Waals surface area (Å²) >= 11 is 0. The first-order valence-electron chi connectivity index (χ1n) is 8.40. The van der Waals surface area contributed by atoms with Crippen molar-refractivity contribution in [1.82, 2.24) is 39.9 Å². The van der Waals surface area contributed by atoms with Crippen LogP contribution in [-0.4, -0.2) is 39.9 Å². The molecule has 0 amide bonds. The van der Waals surface area contributed by atoms with Crippen LogP contribution in [0, 0.1) is 6.92 Å². The summed E-state index contributed by atoms with van der Waals surface area (Å²) < 4.78 is 6.58. The largest absolute Gasteiger partial charge is 0.363 e. The van der Waals surface area contributed by atoms with Crippen molar-refractivity contribution in [1.29, 1.82) is 0 Å². The Hall–Kier alpha value is -4.28. The maximum absolute atomic E-state index is 4.86. The molecule has 28 heavy (non-hydrogen) atoms. The van der Waals surface area contributed by atoms with Gasteiger partial charge in [-0.25, -0.2) is 19.5 Å². The fourth-order valence-electron chi connectivity index (χ4n) is 2.82. The van der Waals surface area contributed by atoms with Crippen molar-refractivity contribution in [3.63, 3.8) is 0 Å². The fourth-order valence-corrected chi connectivity index (χ4v) is 2.82. The molecule has 0 saturated carbocycles. The number of nitrogens with one attached hydrogen (secondary N) is 3. The highest BCUT2D eigenvalue weighted by Crippen LogP contribution is 2.30. The molecule has 3 N–H and O–H groups in total. The van der Waals surface area contributed by atoms with Crippen molar-refractivity contribution < 1.29 is 4.52 Å². The van der Waals surface area contributed by atoms with Crippen LogP contribution in [0.5, 0.6) is 0 Å². The molecule has 5 heterocycles. The van der Waals surface area contributed by atoms with Gasteiger partial charge in [0.05, 0.1) is 11.9 Å². The minimum absolute atomic E-state index is 0.552. The van der Waals surface area contributed by atoms with Crippen LogP contribution in [-0.2, 0) is 0 Å². The van der Waals surface area contributed by atoms with Gasteiger partial charge >= 0.3 is 0 Å². The smallest absolute Gasteiger partial charge is 0.174 e. The van der Waals surface area contributed by atoms with E-state index in [1.807, 2.05) is 25.1 Å². The summed E-state index contributed by atoms with van der Waals surface area (Å²) in [5, 5.41) is 21.4. The first kappa shape index (κ1) is 15.9. The van der Waals surface area contributed by atoms with Crippen molar-refractivity contribution in [2.45, 2.75) is 6.92 Å². The quantitative estimate of drug-likeness (QED) is 0.424. The maximum Gasteiger partial charge on any atom is 0.174 e. The lowest BCUT2D eigenvalue weighted by atomic mass is 10.2. The third-order valence-electron chi connectivity index (χ3n) is 3.92. The Labute approximate surface area is 157 Å². The van der Waals surface area contributed by atoms with Crippen LogP contribution in [0.2, 0.25) is 0 Å². The average molecular weight is 374 g/mol. The second kappa shape index (κ2) is 6.46. The summed E-state index contributed by atoms with van der Waals surface area (Å²) in [6, 6.07) is 9.02. The first-order chi connectivity index (χ1) is 13.8. The Morgan fingerprint density at radius 1 is 1.04 bits per heavy atom. The molecule has 0 atom stereocenters. The van der Waals surface area contributed by atoms with Crippen molar-refractivity contribution in [3.05, 3.63) is 54.8 Å². The molecule has 5 rings (SSSR count). The normalized spacial score (nSPS) is 11.0. The predicted molar refractivity (Wildman–Crippen MR) is 100 cm³/mol. The van der Waals surface area contributed by atoms with Gasteiger partial charge in [0.25, 0.3) is 0 Å². The Bertz CT molecular complexity index is 1230.